The van der Waals surface area contributed by atoms with Crippen LogP contribution in [-0.2, 0) is 16.6 Å². The van der Waals surface area contributed by atoms with Crippen molar-refractivity contribution in [1.82, 2.24) is 9.62 Å². The summed E-state index contributed by atoms with van der Waals surface area (Å²) in [6.07, 6.45) is 1.01. The first-order valence-corrected chi connectivity index (χ1v) is 8.71. The lowest BCUT2D eigenvalue weighted by Gasteiger charge is -2.34. The van der Waals surface area contributed by atoms with Crippen LogP contribution in [0.5, 0.6) is 0 Å². The molecule has 0 aliphatic carbocycles. The summed E-state index contributed by atoms with van der Waals surface area (Å²) in [6.45, 7) is 5.50. The highest BCUT2D eigenvalue weighted by Gasteiger charge is 2.33. The molecule has 0 radical (unpaired) electrons. The van der Waals surface area contributed by atoms with Crippen LogP contribution < -0.4 is 5.32 Å². The molecule has 1 fully saturated rings. The first-order chi connectivity index (χ1) is 9.84. The predicted molar refractivity (Wildman–Crippen MR) is 80.9 cm³/mol. The largest absolute Gasteiger partial charge is 0.316 e. The van der Waals surface area contributed by atoms with Crippen LogP contribution in [0.1, 0.15) is 25.8 Å². The van der Waals surface area contributed by atoms with E-state index in [1.165, 1.54) is 16.4 Å². The standard InChI is InChI=1S/C15H23FN2O2S/c1-11-6-12(2)10-18(9-11)21(19,20)15-5-4-13(8-17-3)7-14(15)16/h4-5,7,11-12,17H,6,8-10H2,1-3H3. The van der Waals surface area contributed by atoms with Gasteiger partial charge >= 0.3 is 0 Å². The smallest absolute Gasteiger partial charge is 0.246 e. The molecule has 1 N–H and O–H groups in total. The number of nitrogens with zero attached hydrogens (tertiary/aromatic N) is 1. The van der Waals surface area contributed by atoms with E-state index in [1.807, 2.05) is 13.8 Å². The van der Waals surface area contributed by atoms with Crippen molar-refractivity contribution >= 4 is 10.0 Å². The highest BCUT2D eigenvalue weighted by atomic mass is 32.2. The number of benzene rings is 1. The minimum Gasteiger partial charge on any atom is -0.316 e. The zero-order chi connectivity index (χ0) is 15.6. The van der Waals surface area contributed by atoms with Gasteiger partial charge in [0.1, 0.15) is 10.7 Å². The van der Waals surface area contributed by atoms with E-state index >= 15 is 0 Å². The summed E-state index contributed by atoms with van der Waals surface area (Å²) in [5.41, 5.74) is 0.731. The molecule has 1 heterocycles. The molecule has 0 amide bonds. The van der Waals surface area contributed by atoms with Gasteiger partial charge in [0.05, 0.1) is 0 Å². The maximum Gasteiger partial charge on any atom is 0.246 e. The fraction of sp³-hybridized carbons (Fsp3) is 0.600. The van der Waals surface area contributed by atoms with Gasteiger partial charge in [0.25, 0.3) is 0 Å². The minimum atomic E-state index is -3.75. The number of halogens is 1. The molecule has 1 saturated heterocycles. The summed E-state index contributed by atoms with van der Waals surface area (Å²) >= 11 is 0. The molecule has 6 heteroatoms. The SMILES string of the molecule is CNCc1ccc(S(=O)(=O)N2CC(C)CC(C)C2)c(F)c1. The van der Waals surface area contributed by atoms with Gasteiger partial charge in [-0.05, 0) is 43.0 Å². The molecule has 1 aliphatic heterocycles. The first kappa shape index (κ1) is 16.4. The summed E-state index contributed by atoms with van der Waals surface area (Å²) in [4.78, 5) is -0.219. The molecule has 0 aromatic heterocycles. The molecule has 21 heavy (non-hydrogen) atoms. The van der Waals surface area contributed by atoms with Crippen LogP contribution in [0, 0.1) is 17.7 Å². The van der Waals surface area contributed by atoms with Crippen molar-refractivity contribution in [2.24, 2.45) is 11.8 Å². The second-order valence-corrected chi connectivity index (χ2v) is 7.97. The fourth-order valence-corrected chi connectivity index (χ4v) is 4.73. The average Bonchev–Trinajstić information content (AvgIpc) is 2.37. The summed E-state index contributed by atoms with van der Waals surface area (Å²) in [6, 6.07) is 4.32. The van der Waals surface area contributed by atoms with Crippen LogP contribution in [0.25, 0.3) is 0 Å². The molecule has 2 unspecified atom stereocenters. The zero-order valence-electron chi connectivity index (χ0n) is 12.8. The van der Waals surface area contributed by atoms with Crippen molar-refractivity contribution < 1.29 is 12.8 Å². The lowest BCUT2D eigenvalue weighted by atomic mass is 9.94. The van der Waals surface area contributed by atoms with E-state index in [-0.39, 0.29) is 4.90 Å². The Morgan fingerprint density at radius 3 is 2.43 bits per heavy atom. The van der Waals surface area contributed by atoms with Crippen LogP contribution in [0.2, 0.25) is 0 Å². The van der Waals surface area contributed by atoms with Crippen molar-refractivity contribution in [2.75, 3.05) is 20.1 Å². The molecule has 0 saturated carbocycles. The van der Waals surface area contributed by atoms with E-state index in [0.29, 0.717) is 31.5 Å². The molecule has 1 aromatic rings. The number of hydrogen-bond donors (Lipinski definition) is 1. The van der Waals surface area contributed by atoms with Crippen LogP contribution in [-0.4, -0.2) is 32.9 Å². The second-order valence-electron chi connectivity index (χ2n) is 6.06. The molecule has 0 spiro atoms. The lowest BCUT2D eigenvalue weighted by Crippen LogP contribution is -2.42. The minimum absolute atomic E-state index is 0.219. The van der Waals surface area contributed by atoms with Crippen LogP contribution >= 0.6 is 0 Å². The van der Waals surface area contributed by atoms with E-state index in [1.54, 1.807) is 13.1 Å². The Kier molecular flexibility index (Phi) is 5.01. The Morgan fingerprint density at radius 1 is 1.29 bits per heavy atom. The van der Waals surface area contributed by atoms with Gasteiger partial charge in [-0.3, -0.25) is 0 Å². The number of sulfonamides is 1. The molecule has 2 rings (SSSR count). The lowest BCUT2D eigenvalue weighted by molar-refractivity contribution is 0.222. The maximum absolute atomic E-state index is 14.2. The highest BCUT2D eigenvalue weighted by Crippen LogP contribution is 2.28. The van der Waals surface area contributed by atoms with E-state index in [9.17, 15) is 12.8 Å². The third kappa shape index (κ3) is 3.62. The molecule has 0 bridgehead atoms. The van der Waals surface area contributed by atoms with Crippen LogP contribution in [0.15, 0.2) is 23.1 Å². The summed E-state index contributed by atoms with van der Waals surface area (Å²) in [5, 5.41) is 2.92. The van der Waals surface area contributed by atoms with Gasteiger partial charge in [0.15, 0.2) is 0 Å². The second kappa shape index (κ2) is 6.42. The molecule has 2 atom stereocenters. The molecule has 1 aromatic carbocycles. The van der Waals surface area contributed by atoms with Crippen LogP contribution in [0.4, 0.5) is 4.39 Å². The monoisotopic (exact) mass is 314 g/mol. The topological polar surface area (TPSA) is 49.4 Å². The normalized spacial score (nSPS) is 24.2. The summed E-state index contributed by atoms with van der Waals surface area (Å²) < 4.78 is 40.9. The van der Waals surface area contributed by atoms with Gasteiger partial charge in [0.2, 0.25) is 10.0 Å². The molecule has 1 aliphatic rings. The van der Waals surface area contributed by atoms with Crippen LogP contribution in [0.3, 0.4) is 0 Å². The number of piperidine rings is 1. The van der Waals surface area contributed by atoms with Crippen molar-refractivity contribution in [2.45, 2.75) is 31.7 Å². The van der Waals surface area contributed by atoms with Gasteiger partial charge < -0.3 is 5.32 Å². The number of nitrogens with one attached hydrogen (secondary N) is 1. The van der Waals surface area contributed by atoms with E-state index < -0.39 is 15.8 Å². The van der Waals surface area contributed by atoms with Gasteiger partial charge in [-0.25, -0.2) is 12.8 Å². The highest BCUT2D eigenvalue weighted by molar-refractivity contribution is 7.89. The zero-order valence-corrected chi connectivity index (χ0v) is 13.6. The average molecular weight is 314 g/mol. The van der Waals surface area contributed by atoms with Gasteiger partial charge in [-0.2, -0.15) is 4.31 Å². The number of hydrogen-bond acceptors (Lipinski definition) is 3. The third-order valence-electron chi connectivity index (χ3n) is 3.83. The molecule has 118 valence electrons. The quantitative estimate of drug-likeness (QED) is 0.927. The maximum atomic E-state index is 14.2. The van der Waals surface area contributed by atoms with Crippen molar-refractivity contribution in [3.05, 3.63) is 29.6 Å². The number of rotatable bonds is 4. The Balaban J connectivity index is 2.31. The molecule has 4 nitrogen and oxygen atoms in total. The van der Waals surface area contributed by atoms with E-state index in [2.05, 4.69) is 5.32 Å². The molecular weight excluding hydrogens is 291 g/mol. The van der Waals surface area contributed by atoms with Crippen molar-refractivity contribution in [3.8, 4) is 0 Å². The Labute approximate surface area is 126 Å². The molecular formula is C15H23FN2O2S. The van der Waals surface area contributed by atoms with E-state index in [0.717, 1.165) is 12.0 Å². The van der Waals surface area contributed by atoms with Gasteiger partial charge in [-0.15, -0.1) is 0 Å². The summed E-state index contributed by atoms with van der Waals surface area (Å²) in [5.74, 6) is -0.0704. The first-order valence-electron chi connectivity index (χ1n) is 7.27. The fourth-order valence-electron chi connectivity index (χ4n) is 3.01. The van der Waals surface area contributed by atoms with E-state index in [4.69, 9.17) is 0 Å². The Hall–Kier alpha value is -0.980. The Morgan fingerprint density at radius 2 is 1.90 bits per heavy atom. The van der Waals surface area contributed by atoms with Gasteiger partial charge in [0, 0.05) is 19.6 Å². The van der Waals surface area contributed by atoms with Gasteiger partial charge in [-0.1, -0.05) is 19.9 Å². The summed E-state index contributed by atoms with van der Waals surface area (Å²) in [7, 11) is -1.99. The Bertz CT molecular complexity index is 594. The van der Waals surface area contributed by atoms with Crippen molar-refractivity contribution in [1.29, 1.82) is 0 Å². The predicted octanol–water partition coefficient (Wildman–Crippen LogP) is 2.21. The van der Waals surface area contributed by atoms with Crippen molar-refractivity contribution in [3.63, 3.8) is 0 Å². The third-order valence-corrected chi connectivity index (χ3v) is 5.70.